The first-order chi connectivity index (χ1) is 18.4. The number of nitrogen functional groups attached to an aromatic ring is 1. The number of anilines is 2. The standard InChI is InChI=1S/C23H27N3O2S/c1-16-5-4-7-18(13-16)21(27)8-3-2-6-17-9-11-19(12-10-17)25-22(28)14-20-15-29-23(24)26-20/h4-5,7,9-13,15,21,27H,2-3,6,8,14H2,1H3,(H2,24,26)(H,25,28)/t21-/m0/s1/i4D,5D,7D,8D2,9D,10D,11D,12D,13D,21D. The largest absolute Gasteiger partial charge is 0.388 e. The maximum Gasteiger partial charge on any atom is 0.230 e. The molecule has 2 aromatic carbocycles. The molecule has 0 bridgehead atoms. The highest BCUT2D eigenvalue weighted by atomic mass is 32.1. The molecule has 0 aliphatic rings. The highest BCUT2D eigenvalue weighted by Crippen LogP contribution is 2.21. The lowest BCUT2D eigenvalue weighted by molar-refractivity contribution is -0.115. The Balaban J connectivity index is 1.81. The van der Waals surface area contributed by atoms with Gasteiger partial charge in [0.2, 0.25) is 5.91 Å². The number of benzene rings is 2. The fourth-order valence-electron chi connectivity index (χ4n) is 2.39. The topological polar surface area (TPSA) is 88.2 Å². The van der Waals surface area contributed by atoms with Crippen molar-refractivity contribution < 1.29 is 25.0 Å². The van der Waals surface area contributed by atoms with Crippen LogP contribution in [0.2, 0.25) is 0 Å². The number of aromatic nitrogens is 1. The Labute approximate surface area is 191 Å². The van der Waals surface area contributed by atoms with E-state index in [4.69, 9.17) is 20.8 Å². The summed E-state index contributed by atoms with van der Waals surface area (Å²) >= 11 is 1.14. The smallest absolute Gasteiger partial charge is 0.230 e. The third-order valence-electron chi connectivity index (χ3n) is 3.74. The molecule has 1 amide bonds. The number of carbonyl (C=O) groups is 1. The summed E-state index contributed by atoms with van der Waals surface area (Å²) in [5, 5.41) is 15.1. The molecular weight excluding hydrogens is 382 g/mol. The molecule has 0 aliphatic heterocycles. The van der Waals surface area contributed by atoms with E-state index in [1.54, 1.807) is 5.38 Å². The molecule has 3 aromatic rings. The Morgan fingerprint density at radius 2 is 2.14 bits per heavy atom. The number of aliphatic hydroxyl groups is 1. The van der Waals surface area contributed by atoms with E-state index in [9.17, 15) is 9.90 Å². The van der Waals surface area contributed by atoms with E-state index in [-0.39, 0.29) is 41.2 Å². The quantitative estimate of drug-likeness (QED) is 0.470. The Morgan fingerprint density at radius 1 is 1.34 bits per heavy atom. The average Bonchev–Trinajstić information content (AvgIpc) is 3.28. The summed E-state index contributed by atoms with van der Waals surface area (Å²) in [7, 11) is 0. The molecule has 0 unspecified atom stereocenters. The average molecular weight is 421 g/mol. The molecule has 0 saturated heterocycles. The maximum atomic E-state index is 12.4. The molecule has 0 saturated carbocycles. The van der Waals surface area contributed by atoms with Gasteiger partial charge in [0.1, 0.15) is 0 Å². The zero-order valence-electron chi connectivity index (χ0n) is 26.7. The van der Waals surface area contributed by atoms with Gasteiger partial charge in [0.15, 0.2) is 5.13 Å². The lowest BCUT2D eigenvalue weighted by Crippen LogP contribution is -2.14. The number of hydrogen-bond donors (Lipinski definition) is 3. The van der Waals surface area contributed by atoms with Gasteiger partial charge in [-0.1, -0.05) is 48.2 Å². The van der Waals surface area contributed by atoms with E-state index in [0.29, 0.717) is 5.69 Å². The summed E-state index contributed by atoms with van der Waals surface area (Å²) in [5.74, 6) is -0.617. The summed E-state index contributed by atoms with van der Waals surface area (Å²) in [6.45, 7) is 1.31. The molecule has 1 aromatic heterocycles. The number of nitrogens with zero attached hydrogens (tertiary/aromatic N) is 1. The zero-order chi connectivity index (χ0) is 30.3. The molecule has 4 N–H and O–H groups in total. The number of hydrogen-bond acceptors (Lipinski definition) is 5. The lowest BCUT2D eigenvalue weighted by Gasteiger charge is -2.11. The Morgan fingerprint density at radius 3 is 2.86 bits per heavy atom. The molecule has 5 nitrogen and oxygen atoms in total. The van der Waals surface area contributed by atoms with Crippen LogP contribution < -0.4 is 11.1 Å². The molecule has 0 radical (unpaired) electrons. The van der Waals surface area contributed by atoms with Crippen molar-refractivity contribution in [3.8, 4) is 0 Å². The van der Waals surface area contributed by atoms with Crippen molar-refractivity contribution in [2.24, 2.45) is 0 Å². The molecule has 29 heavy (non-hydrogen) atoms. The van der Waals surface area contributed by atoms with Crippen LogP contribution in [0.25, 0.3) is 0 Å². The number of nitrogens with one attached hydrogen (secondary N) is 1. The van der Waals surface area contributed by atoms with Crippen molar-refractivity contribution in [3.63, 3.8) is 0 Å². The summed E-state index contributed by atoms with van der Waals surface area (Å²) in [5.41, 5.74) is 4.73. The van der Waals surface area contributed by atoms with Gasteiger partial charge < -0.3 is 16.2 Å². The van der Waals surface area contributed by atoms with Crippen LogP contribution in [0.1, 0.15) is 62.8 Å². The van der Waals surface area contributed by atoms with Crippen LogP contribution in [-0.2, 0) is 17.6 Å². The Bertz CT molecular complexity index is 1420. The summed E-state index contributed by atoms with van der Waals surface area (Å²) in [6.07, 6.45) is -6.92. The first-order valence-corrected chi connectivity index (χ1v) is 9.69. The lowest BCUT2D eigenvalue weighted by atomic mass is 10.00. The van der Waals surface area contributed by atoms with Gasteiger partial charge in [-0.3, -0.25) is 4.79 Å². The fourth-order valence-corrected chi connectivity index (χ4v) is 2.96. The van der Waals surface area contributed by atoms with Gasteiger partial charge in [-0.15, -0.1) is 11.3 Å². The van der Waals surface area contributed by atoms with Gasteiger partial charge in [-0.05, 0) is 49.4 Å². The monoisotopic (exact) mass is 420 g/mol. The zero-order valence-corrected chi connectivity index (χ0v) is 16.5. The van der Waals surface area contributed by atoms with Gasteiger partial charge in [0.25, 0.3) is 0 Å². The van der Waals surface area contributed by atoms with Crippen LogP contribution in [-0.4, -0.2) is 16.0 Å². The van der Waals surface area contributed by atoms with Gasteiger partial charge in [0, 0.05) is 13.8 Å². The minimum Gasteiger partial charge on any atom is -0.388 e. The number of nitrogens with two attached hydrogens (primary N) is 1. The highest BCUT2D eigenvalue weighted by molar-refractivity contribution is 7.13. The summed E-state index contributed by atoms with van der Waals surface area (Å²) < 4.78 is 90.1. The van der Waals surface area contributed by atoms with Crippen LogP contribution >= 0.6 is 11.3 Å². The second-order valence-electron chi connectivity index (χ2n) is 6.13. The third-order valence-corrected chi connectivity index (χ3v) is 4.46. The van der Waals surface area contributed by atoms with Gasteiger partial charge >= 0.3 is 0 Å². The first kappa shape index (κ1) is 10.9. The Hall–Kier alpha value is -2.70. The van der Waals surface area contributed by atoms with Gasteiger partial charge in [-0.2, -0.15) is 0 Å². The minimum absolute atomic E-state index is 0.0604. The highest BCUT2D eigenvalue weighted by Gasteiger charge is 2.08. The molecule has 1 atom stereocenters. The molecular formula is C23H27N3O2S. The molecule has 6 heteroatoms. The summed E-state index contributed by atoms with van der Waals surface area (Å²) in [4.78, 5) is 16.4. The van der Waals surface area contributed by atoms with Crippen molar-refractivity contribution in [1.82, 2.24) is 4.98 Å². The van der Waals surface area contributed by atoms with E-state index in [1.807, 2.05) is 0 Å². The molecule has 1 heterocycles. The van der Waals surface area contributed by atoms with Crippen LogP contribution in [0, 0.1) is 6.92 Å². The van der Waals surface area contributed by atoms with E-state index in [0.717, 1.165) is 11.3 Å². The number of thiazole rings is 1. The van der Waals surface area contributed by atoms with Crippen molar-refractivity contribution in [2.75, 3.05) is 11.1 Å². The predicted octanol–water partition coefficient (Wildman–Crippen LogP) is 4.66. The number of carbonyl (C=O) groups excluding carboxylic acids is 1. The fraction of sp³-hybridized carbons (Fsp3) is 0.304. The first-order valence-electron chi connectivity index (χ1n) is 14.3. The second kappa shape index (κ2) is 10.2. The predicted molar refractivity (Wildman–Crippen MR) is 119 cm³/mol. The van der Waals surface area contributed by atoms with E-state index in [1.165, 1.54) is 6.92 Å². The molecule has 3 rings (SSSR count). The maximum absolute atomic E-state index is 12.4. The second-order valence-corrected chi connectivity index (χ2v) is 7.02. The van der Waals surface area contributed by atoms with Crippen molar-refractivity contribution in [3.05, 3.63) is 76.1 Å². The number of amides is 1. The molecule has 0 aliphatic carbocycles. The van der Waals surface area contributed by atoms with E-state index < -0.39 is 78.7 Å². The summed E-state index contributed by atoms with van der Waals surface area (Å²) in [6, 6.07) is -4.35. The minimum atomic E-state index is -3.12. The third kappa shape index (κ3) is 6.69. The van der Waals surface area contributed by atoms with Crippen LogP contribution in [0.3, 0.4) is 0 Å². The Kier molecular flexibility index (Phi) is 3.83. The van der Waals surface area contributed by atoms with Gasteiger partial charge in [-0.25, -0.2) is 4.98 Å². The van der Waals surface area contributed by atoms with Crippen LogP contribution in [0.15, 0.2) is 53.7 Å². The molecule has 152 valence electrons. The number of rotatable bonds is 9. The van der Waals surface area contributed by atoms with Crippen LogP contribution in [0.4, 0.5) is 10.8 Å². The molecule has 0 fully saturated rings. The molecule has 0 spiro atoms. The van der Waals surface area contributed by atoms with Crippen LogP contribution in [0.5, 0.6) is 0 Å². The van der Waals surface area contributed by atoms with Crippen molar-refractivity contribution in [2.45, 2.75) is 45.1 Å². The van der Waals surface area contributed by atoms with Crippen molar-refractivity contribution >= 4 is 28.1 Å². The SMILES string of the molecule is [2H]c1c([2H])c(C)c([2H])c([C@@]([2H])(O)C([2H])([2H])CCCc2c([2H])c([2H])c(NC(=O)Cc3csc(N)n3)c([2H])c2[2H])c1[2H]. The normalized spacial score (nSPS) is 18.9. The van der Waals surface area contributed by atoms with Gasteiger partial charge in [0.05, 0.1) is 30.5 Å². The van der Waals surface area contributed by atoms with E-state index in [2.05, 4.69) is 10.3 Å². The van der Waals surface area contributed by atoms with E-state index >= 15 is 0 Å². The van der Waals surface area contributed by atoms with Crippen molar-refractivity contribution in [1.29, 1.82) is 0 Å².